The molecule has 0 bridgehead atoms. The fraction of sp³-hybridized carbons (Fsp3) is 0.208. The van der Waals surface area contributed by atoms with E-state index in [9.17, 15) is 13.2 Å². The summed E-state index contributed by atoms with van der Waals surface area (Å²) in [5.74, 6) is 1.27. The van der Waals surface area contributed by atoms with Gasteiger partial charge in [-0.1, -0.05) is 48.5 Å². The zero-order valence-electron chi connectivity index (χ0n) is 16.5. The van der Waals surface area contributed by atoms with Crippen LogP contribution < -0.4 is 4.74 Å². The van der Waals surface area contributed by atoms with Gasteiger partial charge in [-0.3, -0.25) is 0 Å². The summed E-state index contributed by atoms with van der Waals surface area (Å²) in [5.41, 5.74) is 3.28. The molecule has 0 radical (unpaired) electrons. The molecule has 0 atom stereocenters. The molecule has 0 saturated heterocycles. The van der Waals surface area contributed by atoms with Crippen molar-refractivity contribution < 1.29 is 32.9 Å². The van der Waals surface area contributed by atoms with Crippen LogP contribution in [0.4, 0.5) is 18.0 Å². The molecule has 1 aliphatic rings. The number of hydrogen-bond donors (Lipinski definition) is 2. The minimum absolute atomic E-state index is 0.460. The zero-order chi connectivity index (χ0) is 22.4. The summed E-state index contributed by atoms with van der Waals surface area (Å²) in [5, 5.41) is 13.9. The Balaban J connectivity index is 0.000000628. The highest BCUT2D eigenvalue weighted by atomic mass is 19.4. The maximum Gasteiger partial charge on any atom is 0.503 e. The summed E-state index contributed by atoms with van der Waals surface area (Å²) in [7, 11) is 0. The monoisotopic (exact) mass is 430 g/mol. The van der Waals surface area contributed by atoms with Crippen LogP contribution in [0.3, 0.4) is 0 Å². The molecule has 0 unspecified atom stereocenters. The molecular weight excluding hydrogens is 409 g/mol. The number of carboxylic acid groups (broad SMARTS) is 2. The largest absolute Gasteiger partial charge is 0.503 e. The second-order valence-corrected chi connectivity index (χ2v) is 7.20. The molecule has 31 heavy (non-hydrogen) atoms. The number of rotatable bonds is 5. The van der Waals surface area contributed by atoms with Crippen LogP contribution in [0.25, 0.3) is 11.1 Å². The SMILES string of the molecule is FC(F)(F)c1ccc(-c2cc(OCc3ccccc3)cc(C3CC3)c2)cc1.O=C(O)O. The molecule has 4 rings (SSSR count). The van der Waals surface area contributed by atoms with E-state index in [0.29, 0.717) is 12.5 Å². The van der Waals surface area contributed by atoms with Crippen LogP contribution in [-0.4, -0.2) is 16.4 Å². The van der Waals surface area contributed by atoms with Crippen LogP contribution in [-0.2, 0) is 12.8 Å². The molecule has 0 amide bonds. The van der Waals surface area contributed by atoms with Gasteiger partial charge in [0.25, 0.3) is 0 Å². The summed E-state index contributed by atoms with van der Waals surface area (Å²) in [6.45, 7) is 0.460. The number of ether oxygens (including phenoxy) is 1. The van der Waals surface area contributed by atoms with Crippen LogP contribution in [0, 0.1) is 0 Å². The molecule has 1 aliphatic carbocycles. The highest BCUT2D eigenvalue weighted by Gasteiger charge is 2.30. The molecule has 1 fully saturated rings. The van der Waals surface area contributed by atoms with Crippen molar-refractivity contribution in [2.24, 2.45) is 0 Å². The maximum atomic E-state index is 12.8. The number of hydrogen-bond acceptors (Lipinski definition) is 2. The summed E-state index contributed by atoms with van der Waals surface area (Å²) in [4.78, 5) is 8.56. The molecular formula is C24H21F3O4. The lowest BCUT2D eigenvalue weighted by Gasteiger charge is -2.12. The van der Waals surface area contributed by atoms with E-state index in [1.54, 1.807) is 0 Å². The third kappa shape index (κ3) is 6.77. The topological polar surface area (TPSA) is 66.8 Å². The number of alkyl halides is 3. The lowest BCUT2D eigenvalue weighted by Crippen LogP contribution is -2.04. The van der Waals surface area contributed by atoms with Crippen molar-refractivity contribution in [1.29, 1.82) is 0 Å². The average Bonchev–Trinajstić information content (AvgIpc) is 3.57. The second kappa shape index (κ2) is 9.55. The van der Waals surface area contributed by atoms with Gasteiger partial charge in [0.05, 0.1) is 5.56 Å². The van der Waals surface area contributed by atoms with Crippen molar-refractivity contribution in [2.75, 3.05) is 0 Å². The Hall–Kier alpha value is -3.48. The minimum Gasteiger partial charge on any atom is -0.489 e. The Labute approximate surface area is 177 Å². The Morgan fingerprint density at radius 1 is 0.903 bits per heavy atom. The van der Waals surface area contributed by atoms with E-state index in [0.717, 1.165) is 47.4 Å². The Morgan fingerprint density at radius 3 is 2.06 bits per heavy atom. The van der Waals surface area contributed by atoms with E-state index in [-0.39, 0.29) is 0 Å². The average molecular weight is 430 g/mol. The van der Waals surface area contributed by atoms with Gasteiger partial charge in [-0.05, 0) is 65.3 Å². The first-order valence-corrected chi connectivity index (χ1v) is 9.63. The van der Waals surface area contributed by atoms with Gasteiger partial charge in [0, 0.05) is 0 Å². The first-order chi connectivity index (χ1) is 14.7. The van der Waals surface area contributed by atoms with Crippen molar-refractivity contribution in [1.82, 2.24) is 0 Å². The molecule has 3 aromatic carbocycles. The van der Waals surface area contributed by atoms with Crippen LogP contribution in [0.2, 0.25) is 0 Å². The van der Waals surface area contributed by atoms with Crippen molar-refractivity contribution in [2.45, 2.75) is 31.5 Å². The summed E-state index contributed by atoms with van der Waals surface area (Å²) < 4.78 is 44.4. The Kier molecular flexibility index (Phi) is 6.84. The predicted octanol–water partition coefficient (Wildman–Crippen LogP) is 7.05. The highest BCUT2D eigenvalue weighted by Crippen LogP contribution is 2.43. The van der Waals surface area contributed by atoms with Gasteiger partial charge in [0.15, 0.2) is 0 Å². The molecule has 0 spiro atoms. The van der Waals surface area contributed by atoms with Crippen LogP contribution in [0.15, 0.2) is 72.8 Å². The van der Waals surface area contributed by atoms with E-state index >= 15 is 0 Å². The van der Waals surface area contributed by atoms with Gasteiger partial charge in [-0.15, -0.1) is 0 Å². The minimum atomic E-state index is -4.32. The van der Waals surface area contributed by atoms with E-state index in [1.807, 2.05) is 42.5 Å². The van der Waals surface area contributed by atoms with Crippen molar-refractivity contribution in [3.8, 4) is 16.9 Å². The molecule has 1 saturated carbocycles. The van der Waals surface area contributed by atoms with E-state index in [2.05, 4.69) is 6.07 Å². The number of halogens is 3. The third-order valence-electron chi connectivity index (χ3n) is 4.77. The summed E-state index contributed by atoms with van der Waals surface area (Å²) in [6, 6.07) is 21.2. The van der Waals surface area contributed by atoms with Gasteiger partial charge in [-0.2, -0.15) is 13.2 Å². The first kappa shape index (κ1) is 22.2. The van der Waals surface area contributed by atoms with E-state index < -0.39 is 17.9 Å². The second-order valence-electron chi connectivity index (χ2n) is 7.20. The maximum absolute atomic E-state index is 12.8. The number of carbonyl (C=O) groups is 1. The molecule has 3 aromatic rings. The fourth-order valence-electron chi connectivity index (χ4n) is 3.12. The molecule has 7 heteroatoms. The smallest absolute Gasteiger partial charge is 0.489 e. The first-order valence-electron chi connectivity index (χ1n) is 9.63. The molecule has 0 aromatic heterocycles. The quantitative estimate of drug-likeness (QED) is 0.455. The molecule has 4 nitrogen and oxygen atoms in total. The fourth-order valence-corrected chi connectivity index (χ4v) is 3.12. The van der Waals surface area contributed by atoms with Crippen molar-refractivity contribution >= 4 is 6.16 Å². The van der Waals surface area contributed by atoms with Crippen LogP contribution >= 0.6 is 0 Å². The van der Waals surface area contributed by atoms with E-state index in [4.69, 9.17) is 19.7 Å². The van der Waals surface area contributed by atoms with Crippen LogP contribution in [0.1, 0.15) is 35.4 Å². The van der Waals surface area contributed by atoms with Crippen molar-refractivity contribution in [3.63, 3.8) is 0 Å². The van der Waals surface area contributed by atoms with Gasteiger partial charge in [-0.25, -0.2) is 4.79 Å². The van der Waals surface area contributed by atoms with E-state index in [1.165, 1.54) is 17.7 Å². The molecule has 0 heterocycles. The van der Waals surface area contributed by atoms with Gasteiger partial charge in [0.2, 0.25) is 0 Å². The van der Waals surface area contributed by atoms with Gasteiger partial charge >= 0.3 is 12.3 Å². The summed E-state index contributed by atoms with van der Waals surface area (Å²) >= 11 is 0. The third-order valence-corrected chi connectivity index (χ3v) is 4.77. The van der Waals surface area contributed by atoms with Gasteiger partial charge < -0.3 is 14.9 Å². The Morgan fingerprint density at radius 2 is 1.52 bits per heavy atom. The molecule has 162 valence electrons. The Bertz CT molecular complexity index is 1010. The zero-order valence-corrected chi connectivity index (χ0v) is 16.5. The lowest BCUT2D eigenvalue weighted by molar-refractivity contribution is -0.137. The normalized spacial score (nSPS) is 13.1. The van der Waals surface area contributed by atoms with Crippen LogP contribution in [0.5, 0.6) is 5.75 Å². The van der Waals surface area contributed by atoms with Crippen molar-refractivity contribution in [3.05, 3.63) is 89.5 Å². The lowest BCUT2D eigenvalue weighted by atomic mass is 9.99. The standard InChI is InChI=1S/C23H19F3O.CH2O3/c24-23(25,26)21-10-8-18(9-11-21)20-12-19(17-6-7-17)13-22(14-20)27-15-16-4-2-1-3-5-16;2-1(3)4/h1-5,8-14,17H,6-7,15H2;(H2,2,3,4). The van der Waals surface area contributed by atoms with Gasteiger partial charge in [0.1, 0.15) is 12.4 Å². The molecule has 2 N–H and O–H groups in total. The summed E-state index contributed by atoms with van der Waals surface area (Å²) in [6.07, 6.45) is -3.86. The molecule has 0 aliphatic heterocycles. The predicted molar refractivity (Wildman–Crippen MR) is 110 cm³/mol. The number of benzene rings is 3. The highest BCUT2D eigenvalue weighted by molar-refractivity contribution is 5.67.